The van der Waals surface area contributed by atoms with E-state index < -0.39 is 19.9 Å². The van der Waals surface area contributed by atoms with Gasteiger partial charge in [-0.15, -0.1) is 0 Å². The van der Waals surface area contributed by atoms with Crippen molar-refractivity contribution in [1.82, 2.24) is 0 Å². The van der Waals surface area contributed by atoms with Crippen molar-refractivity contribution in [3.63, 3.8) is 0 Å². The van der Waals surface area contributed by atoms with Crippen LogP contribution in [-0.4, -0.2) is 47.0 Å². The van der Waals surface area contributed by atoms with Gasteiger partial charge in [0.15, 0.2) is 14.1 Å². The Balaban J connectivity index is 3.36. The minimum absolute atomic E-state index is 0.0385. The standard InChI is InChI=1S/C15H28O5Si/c1-11(16)12-10-14(17-5,18-6)15(12,19-7)20-21(8,9)13(2,3)4/h10H,1-9H3. The lowest BCUT2D eigenvalue weighted by Gasteiger charge is -2.56. The highest BCUT2D eigenvalue weighted by molar-refractivity contribution is 6.74. The lowest BCUT2D eigenvalue weighted by Crippen LogP contribution is -2.70. The SMILES string of the molecule is COC1(OC)C=C(C(C)=O)C1(OC)O[Si](C)(C)C(C)(C)C. The van der Waals surface area contributed by atoms with E-state index in [1.54, 1.807) is 6.08 Å². The summed E-state index contributed by atoms with van der Waals surface area (Å²) in [6, 6.07) is 0. The van der Waals surface area contributed by atoms with Crippen molar-refractivity contribution >= 4 is 14.1 Å². The third-order valence-corrected chi connectivity index (χ3v) is 9.04. The minimum atomic E-state index is -2.22. The second-order valence-electron chi connectivity index (χ2n) is 6.87. The molecule has 0 radical (unpaired) electrons. The van der Waals surface area contributed by atoms with E-state index in [0.29, 0.717) is 5.57 Å². The zero-order valence-corrected chi connectivity index (χ0v) is 15.6. The van der Waals surface area contributed by atoms with Gasteiger partial charge in [0.25, 0.3) is 0 Å². The number of rotatable bonds is 6. The number of hydrogen-bond acceptors (Lipinski definition) is 5. The summed E-state index contributed by atoms with van der Waals surface area (Å²) in [5, 5.41) is -0.0385. The molecule has 0 aromatic heterocycles. The number of ketones is 1. The van der Waals surface area contributed by atoms with Crippen LogP contribution < -0.4 is 0 Å². The van der Waals surface area contributed by atoms with E-state index >= 15 is 0 Å². The Morgan fingerprint density at radius 2 is 1.57 bits per heavy atom. The maximum Gasteiger partial charge on any atom is 0.249 e. The van der Waals surface area contributed by atoms with Crippen LogP contribution in [-0.2, 0) is 23.4 Å². The molecule has 1 unspecified atom stereocenters. The molecule has 0 aliphatic heterocycles. The Hall–Kier alpha value is -0.533. The molecule has 0 amide bonds. The number of carbonyl (C=O) groups is 1. The van der Waals surface area contributed by atoms with Gasteiger partial charge in [-0.05, 0) is 31.1 Å². The molecule has 0 spiro atoms. The molecule has 1 rings (SSSR count). The fraction of sp³-hybridized carbons (Fsp3) is 0.800. The number of Topliss-reactive ketones (excluding diaryl/α,β-unsaturated/α-hetero) is 1. The van der Waals surface area contributed by atoms with Gasteiger partial charge in [0, 0.05) is 21.3 Å². The first-order valence-electron chi connectivity index (χ1n) is 7.03. The molecule has 0 saturated carbocycles. The minimum Gasteiger partial charge on any atom is -0.382 e. The fourth-order valence-electron chi connectivity index (χ4n) is 2.23. The van der Waals surface area contributed by atoms with Crippen LogP contribution in [0.3, 0.4) is 0 Å². The van der Waals surface area contributed by atoms with Crippen molar-refractivity contribution in [1.29, 1.82) is 0 Å². The van der Waals surface area contributed by atoms with E-state index in [4.69, 9.17) is 18.6 Å². The van der Waals surface area contributed by atoms with Crippen molar-refractivity contribution < 1.29 is 23.4 Å². The molecule has 0 heterocycles. The number of hydrogen-bond donors (Lipinski definition) is 0. The third kappa shape index (κ3) is 2.64. The summed E-state index contributed by atoms with van der Waals surface area (Å²) in [4.78, 5) is 11.9. The molecular formula is C15H28O5Si. The van der Waals surface area contributed by atoms with Gasteiger partial charge in [-0.1, -0.05) is 20.8 Å². The van der Waals surface area contributed by atoms with Gasteiger partial charge in [-0.3, -0.25) is 4.79 Å². The molecule has 1 atom stereocenters. The quantitative estimate of drug-likeness (QED) is 0.557. The summed E-state index contributed by atoms with van der Waals surface area (Å²) in [6.45, 7) is 12.1. The van der Waals surface area contributed by atoms with Crippen LogP contribution in [0.4, 0.5) is 0 Å². The first kappa shape index (κ1) is 18.5. The normalized spacial score (nSPS) is 25.3. The Morgan fingerprint density at radius 1 is 1.10 bits per heavy atom. The highest BCUT2D eigenvalue weighted by Gasteiger charge is 2.67. The molecule has 1 aliphatic rings. The van der Waals surface area contributed by atoms with Crippen LogP contribution in [0, 0.1) is 0 Å². The summed E-state index contributed by atoms with van der Waals surface area (Å²) >= 11 is 0. The molecule has 122 valence electrons. The van der Waals surface area contributed by atoms with Crippen LogP contribution in [0.25, 0.3) is 0 Å². The highest BCUT2D eigenvalue weighted by Crippen LogP contribution is 2.52. The van der Waals surface area contributed by atoms with Crippen LogP contribution in [0.1, 0.15) is 27.7 Å². The largest absolute Gasteiger partial charge is 0.382 e. The maximum absolute atomic E-state index is 11.9. The zero-order chi connectivity index (χ0) is 16.7. The van der Waals surface area contributed by atoms with E-state index in [2.05, 4.69) is 33.9 Å². The molecule has 0 aromatic carbocycles. The Bertz CT molecular complexity index is 445. The summed E-state index contributed by atoms with van der Waals surface area (Å²) in [6.07, 6.45) is 1.63. The average Bonchev–Trinajstić information content (AvgIpc) is 2.34. The topological polar surface area (TPSA) is 54.0 Å². The summed E-state index contributed by atoms with van der Waals surface area (Å²) in [5.41, 5.74) is 0.443. The van der Waals surface area contributed by atoms with Gasteiger partial charge < -0.3 is 18.6 Å². The highest BCUT2D eigenvalue weighted by atomic mass is 28.4. The second kappa shape index (κ2) is 5.59. The molecule has 21 heavy (non-hydrogen) atoms. The van der Waals surface area contributed by atoms with Crippen molar-refractivity contribution in [3.05, 3.63) is 11.6 Å². The van der Waals surface area contributed by atoms with Crippen LogP contribution >= 0.6 is 0 Å². The van der Waals surface area contributed by atoms with E-state index in [-0.39, 0.29) is 10.8 Å². The number of carbonyl (C=O) groups excluding carboxylic acids is 1. The first-order chi connectivity index (χ1) is 9.43. The lowest BCUT2D eigenvalue weighted by atomic mass is 9.81. The molecular weight excluding hydrogens is 288 g/mol. The average molecular weight is 316 g/mol. The Kier molecular flexibility index (Phi) is 4.93. The van der Waals surface area contributed by atoms with Gasteiger partial charge >= 0.3 is 0 Å². The second-order valence-corrected chi connectivity index (χ2v) is 11.6. The zero-order valence-electron chi connectivity index (χ0n) is 14.6. The van der Waals surface area contributed by atoms with Crippen LogP contribution in [0.5, 0.6) is 0 Å². The first-order valence-corrected chi connectivity index (χ1v) is 9.94. The predicted octanol–water partition coefficient (Wildman–Crippen LogP) is 2.87. The third-order valence-electron chi connectivity index (χ3n) is 4.63. The lowest BCUT2D eigenvalue weighted by molar-refractivity contribution is -0.351. The summed E-state index contributed by atoms with van der Waals surface area (Å²) < 4.78 is 23.1. The molecule has 6 heteroatoms. The van der Waals surface area contributed by atoms with Gasteiger partial charge in [-0.25, -0.2) is 0 Å². The van der Waals surface area contributed by atoms with Crippen LogP contribution in [0.2, 0.25) is 18.1 Å². The van der Waals surface area contributed by atoms with Gasteiger partial charge in [-0.2, -0.15) is 0 Å². The predicted molar refractivity (Wildman–Crippen MR) is 83.5 cm³/mol. The van der Waals surface area contributed by atoms with Crippen molar-refractivity contribution in [2.45, 2.75) is 57.4 Å². The molecule has 1 aliphatic carbocycles. The molecule has 0 fully saturated rings. The van der Waals surface area contributed by atoms with Crippen molar-refractivity contribution in [2.24, 2.45) is 0 Å². The van der Waals surface area contributed by atoms with Gasteiger partial charge in [0.05, 0.1) is 5.57 Å². The Morgan fingerprint density at radius 3 is 1.86 bits per heavy atom. The molecule has 0 N–H and O–H groups in total. The molecule has 0 bridgehead atoms. The van der Waals surface area contributed by atoms with E-state index in [0.717, 1.165) is 0 Å². The van der Waals surface area contributed by atoms with Crippen LogP contribution in [0.15, 0.2) is 11.6 Å². The monoisotopic (exact) mass is 316 g/mol. The Labute approximate surface area is 128 Å². The molecule has 5 nitrogen and oxygen atoms in total. The number of ether oxygens (including phenoxy) is 3. The van der Waals surface area contributed by atoms with E-state index in [9.17, 15) is 4.79 Å². The van der Waals surface area contributed by atoms with Gasteiger partial charge in [0.1, 0.15) is 0 Å². The number of methoxy groups -OCH3 is 3. The maximum atomic E-state index is 11.9. The van der Waals surface area contributed by atoms with Crippen molar-refractivity contribution in [2.75, 3.05) is 21.3 Å². The van der Waals surface area contributed by atoms with Gasteiger partial charge in [0.2, 0.25) is 11.6 Å². The van der Waals surface area contributed by atoms with E-state index in [1.165, 1.54) is 28.3 Å². The fourth-order valence-corrected chi connectivity index (χ4v) is 3.59. The summed E-state index contributed by atoms with van der Waals surface area (Å²) in [5.74, 6) is -2.62. The van der Waals surface area contributed by atoms with Crippen molar-refractivity contribution in [3.8, 4) is 0 Å². The smallest absolute Gasteiger partial charge is 0.249 e. The molecule has 0 aromatic rings. The summed E-state index contributed by atoms with van der Waals surface area (Å²) in [7, 11) is 2.32. The van der Waals surface area contributed by atoms with E-state index in [1.807, 2.05) is 0 Å². The molecule has 0 saturated heterocycles.